The zero-order valence-corrected chi connectivity index (χ0v) is 20.1. The van der Waals surface area contributed by atoms with Crippen molar-refractivity contribution in [3.63, 3.8) is 0 Å². The average Bonchev–Trinajstić information content (AvgIpc) is 3.05. The minimum absolute atomic E-state index is 0. The minimum Gasteiger partial charge on any atom is -0.484 e. The van der Waals surface area contributed by atoms with Crippen molar-refractivity contribution in [2.75, 3.05) is 19.6 Å². The second kappa shape index (κ2) is 11.3. The van der Waals surface area contributed by atoms with Gasteiger partial charge in [0.2, 0.25) is 0 Å². The Balaban J connectivity index is 0.00000225. The van der Waals surface area contributed by atoms with Gasteiger partial charge in [0.15, 0.2) is 0 Å². The molecule has 1 amide bonds. The molecule has 6 nitrogen and oxygen atoms in total. The van der Waals surface area contributed by atoms with Crippen LogP contribution in [0.2, 0.25) is 10.0 Å². The topological polar surface area (TPSA) is 63.9 Å². The number of ether oxygens (including phenoxy) is 2. The first-order chi connectivity index (χ1) is 13.2. The minimum atomic E-state index is -0.517. The lowest BCUT2D eigenvalue weighted by Gasteiger charge is -2.32. The summed E-state index contributed by atoms with van der Waals surface area (Å²) in [6.07, 6.45) is 1.03. The van der Waals surface area contributed by atoms with Crippen molar-refractivity contribution in [3.8, 4) is 5.75 Å². The molecule has 0 bridgehead atoms. The third kappa shape index (κ3) is 7.43. The van der Waals surface area contributed by atoms with Gasteiger partial charge in [0, 0.05) is 31.3 Å². The zero-order chi connectivity index (χ0) is 20.3. The lowest BCUT2D eigenvalue weighted by molar-refractivity contribution is 0.0512. The molecule has 0 fully saturated rings. The van der Waals surface area contributed by atoms with E-state index < -0.39 is 11.7 Å². The van der Waals surface area contributed by atoms with E-state index in [4.69, 9.17) is 37.1 Å². The summed E-state index contributed by atoms with van der Waals surface area (Å²) in [5.41, 5.74) is 0.499. The van der Waals surface area contributed by atoms with Crippen LogP contribution in [0.4, 0.5) is 4.79 Å². The summed E-state index contributed by atoms with van der Waals surface area (Å²) in [5.74, 6) is 1.49. The Labute approximate surface area is 199 Å². The van der Waals surface area contributed by atoms with Gasteiger partial charge in [-0.3, -0.25) is 4.90 Å². The number of nitrogens with one attached hydrogen (secondary N) is 1. The van der Waals surface area contributed by atoms with Gasteiger partial charge < -0.3 is 19.2 Å². The van der Waals surface area contributed by atoms with E-state index in [9.17, 15) is 4.79 Å². The summed E-state index contributed by atoms with van der Waals surface area (Å²) in [6, 6.07) is 7.12. The van der Waals surface area contributed by atoms with E-state index in [1.807, 2.05) is 26.8 Å². The molecular formula is C20H26Cl4N2O4. The summed E-state index contributed by atoms with van der Waals surface area (Å²) in [4.78, 5) is 14.0. The van der Waals surface area contributed by atoms with Crippen LogP contribution in [-0.2, 0) is 11.3 Å². The van der Waals surface area contributed by atoms with E-state index in [0.29, 0.717) is 42.0 Å². The highest BCUT2D eigenvalue weighted by Gasteiger charge is 2.29. The lowest BCUT2D eigenvalue weighted by atomic mass is 10.0. The molecule has 1 N–H and O–H groups in total. The molecule has 2 heterocycles. The highest BCUT2D eigenvalue weighted by molar-refractivity contribution is 6.42. The fourth-order valence-electron chi connectivity index (χ4n) is 2.98. The molecule has 0 spiro atoms. The molecule has 1 aromatic carbocycles. The number of alkyl carbamates (subject to hydrolysis) is 1. The Bertz CT molecular complexity index is 838. The normalized spacial score (nSPS) is 16.0. The molecule has 10 heteroatoms. The van der Waals surface area contributed by atoms with Crippen LogP contribution in [-0.4, -0.2) is 36.2 Å². The van der Waals surface area contributed by atoms with Crippen molar-refractivity contribution in [1.82, 2.24) is 10.2 Å². The Morgan fingerprint density at radius 2 is 1.97 bits per heavy atom. The fraction of sp³-hybridized carbons (Fsp3) is 0.450. The van der Waals surface area contributed by atoms with Crippen LogP contribution in [0, 0.1) is 0 Å². The molecule has 2 aromatic rings. The molecule has 1 atom stereocenters. The first-order valence-corrected chi connectivity index (χ1v) is 9.84. The Hall–Kier alpha value is -1.31. The Kier molecular flexibility index (Phi) is 10.1. The van der Waals surface area contributed by atoms with Crippen molar-refractivity contribution in [1.29, 1.82) is 0 Å². The van der Waals surface area contributed by atoms with Crippen LogP contribution in [0.3, 0.4) is 0 Å². The number of nitrogens with zero attached hydrogens (tertiary/aromatic N) is 1. The van der Waals surface area contributed by atoms with Gasteiger partial charge in [0.1, 0.15) is 23.2 Å². The van der Waals surface area contributed by atoms with Crippen LogP contribution in [0.1, 0.15) is 38.2 Å². The van der Waals surface area contributed by atoms with E-state index in [-0.39, 0.29) is 30.9 Å². The molecule has 0 aliphatic carbocycles. The van der Waals surface area contributed by atoms with Gasteiger partial charge in [0.05, 0.1) is 22.9 Å². The third-order valence-corrected chi connectivity index (χ3v) is 4.92. The van der Waals surface area contributed by atoms with Gasteiger partial charge in [-0.05, 0) is 39.0 Å². The van der Waals surface area contributed by atoms with Crippen molar-refractivity contribution >= 4 is 54.1 Å². The maximum Gasteiger partial charge on any atom is 0.407 e. The quantitative estimate of drug-likeness (QED) is 0.555. The molecule has 1 aromatic heterocycles. The van der Waals surface area contributed by atoms with Crippen molar-refractivity contribution < 1.29 is 18.7 Å². The smallest absolute Gasteiger partial charge is 0.407 e. The van der Waals surface area contributed by atoms with Gasteiger partial charge in [-0.1, -0.05) is 23.2 Å². The zero-order valence-electron chi connectivity index (χ0n) is 16.9. The van der Waals surface area contributed by atoms with Crippen molar-refractivity contribution in [2.45, 2.75) is 39.0 Å². The number of furan rings is 1. The molecule has 30 heavy (non-hydrogen) atoms. The largest absolute Gasteiger partial charge is 0.484 e. The highest BCUT2D eigenvalue weighted by atomic mass is 35.5. The van der Waals surface area contributed by atoms with Crippen molar-refractivity contribution in [3.05, 3.63) is 51.9 Å². The number of carbonyl (C=O) groups excluding carboxylic acids is 1. The molecule has 168 valence electrons. The Morgan fingerprint density at radius 1 is 1.23 bits per heavy atom. The monoisotopic (exact) mass is 498 g/mol. The number of carbonyl (C=O) groups is 1. The lowest BCUT2D eigenvalue weighted by Crippen LogP contribution is -2.41. The number of rotatable bonds is 5. The third-order valence-electron chi connectivity index (χ3n) is 4.18. The van der Waals surface area contributed by atoms with E-state index >= 15 is 0 Å². The van der Waals surface area contributed by atoms with Crippen LogP contribution in [0.5, 0.6) is 5.75 Å². The second-order valence-corrected chi connectivity index (χ2v) is 8.46. The van der Waals surface area contributed by atoms with Crippen LogP contribution >= 0.6 is 48.0 Å². The average molecular weight is 500 g/mol. The van der Waals surface area contributed by atoms with Gasteiger partial charge in [-0.25, -0.2) is 4.79 Å². The molecular weight excluding hydrogens is 474 g/mol. The molecule has 1 aliphatic heterocycles. The molecule has 0 saturated carbocycles. The van der Waals surface area contributed by atoms with E-state index in [1.54, 1.807) is 24.5 Å². The maximum absolute atomic E-state index is 11.8. The first kappa shape index (κ1) is 26.7. The summed E-state index contributed by atoms with van der Waals surface area (Å²) in [5, 5.41) is 3.70. The highest BCUT2D eigenvalue weighted by Crippen LogP contribution is 2.33. The van der Waals surface area contributed by atoms with E-state index in [2.05, 4.69) is 10.2 Å². The van der Waals surface area contributed by atoms with Gasteiger partial charge in [0.25, 0.3) is 0 Å². The summed E-state index contributed by atoms with van der Waals surface area (Å²) < 4.78 is 17.0. The number of amides is 1. The van der Waals surface area contributed by atoms with Gasteiger partial charge in [-0.15, -0.1) is 24.8 Å². The number of hydrogen-bond donors (Lipinski definition) is 1. The standard InChI is InChI=1S/C20H24Cl2N2O4.2ClH/c1-20(2,3)28-19(25)23-7-8-24-11-17-14(6-9-26-17)18(12-24)27-13-4-5-15(21)16(22)10-13;;/h4-6,9-10,18H,7-8,11-12H2,1-3H3,(H,23,25);2*1H. The van der Waals surface area contributed by atoms with Crippen LogP contribution in [0.15, 0.2) is 34.9 Å². The number of fused-ring (bicyclic) bond motifs is 1. The first-order valence-electron chi connectivity index (χ1n) is 9.08. The second-order valence-electron chi connectivity index (χ2n) is 7.65. The molecule has 1 unspecified atom stereocenters. The summed E-state index contributed by atoms with van der Waals surface area (Å²) in [6.45, 7) is 7.91. The SMILES string of the molecule is CC(C)(C)OC(=O)NCCN1Cc2occc2C(Oc2ccc(Cl)c(Cl)c2)C1.Cl.Cl. The number of halogens is 4. The van der Waals surface area contributed by atoms with Gasteiger partial charge in [-0.2, -0.15) is 0 Å². The number of hydrogen-bond acceptors (Lipinski definition) is 5. The van der Waals surface area contributed by atoms with E-state index in [0.717, 1.165) is 11.3 Å². The van der Waals surface area contributed by atoms with Crippen LogP contribution in [0.25, 0.3) is 0 Å². The Morgan fingerprint density at radius 3 is 2.63 bits per heavy atom. The molecule has 3 rings (SSSR count). The molecule has 0 saturated heterocycles. The fourth-order valence-corrected chi connectivity index (χ4v) is 3.27. The molecule has 1 aliphatic rings. The maximum atomic E-state index is 11.8. The number of benzene rings is 1. The van der Waals surface area contributed by atoms with Crippen molar-refractivity contribution in [2.24, 2.45) is 0 Å². The predicted octanol–water partition coefficient (Wildman–Crippen LogP) is 5.89. The summed E-state index contributed by atoms with van der Waals surface area (Å²) >= 11 is 12.1. The van der Waals surface area contributed by atoms with E-state index in [1.165, 1.54) is 0 Å². The molecule has 0 radical (unpaired) electrons. The van der Waals surface area contributed by atoms with Crippen LogP contribution < -0.4 is 10.1 Å². The van der Waals surface area contributed by atoms with Gasteiger partial charge >= 0.3 is 6.09 Å². The predicted molar refractivity (Wildman–Crippen MR) is 123 cm³/mol. The summed E-state index contributed by atoms with van der Waals surface area (Å²) in [7, 11) is 0.